The van der Waals surface area contributed by atoms with Crippen molar-refractivity contribution in [3.8, 4) is 40.0 Å². The first kappa shape index (κ1) is 42.7. The number of carbonyl (C=O) groups is 1. The highest BCUT2D eigenvalue weighted by atomic mass is 35.5. The number of carboxylic acid groups (broad SMARTS) is 1. The molecule has 4 heterocycles. The molecular weight excluding hydrogens is 831 g/mol. The Balaban J connectivity index is 1.08. The zero-order valence-electron chi connectivity index (χ0n) is 34.6. The molecule has 3 aromatic heterocycles. The molecule has 0 saturated carbocycles. The first-order chi connectivity index (χ1) is 30.2. The van der Waals surface area contributed by atoms with E-state index in [0.717, 1.165) is 66.7 Å². The van der Waals surface area contributed by atoms with Crippen molar-refractivity contribution in [1.29, 1.82) is 0 Å². The topological polar surface area (TPSA) is 132 Å². The van der Waals surface area contributed by atoms with Crippen LogP contribution in [0, 0.1) is 5.82 Å². The molecule has 62 heavy (non-hydrogen) atoms. The zero-order valence-corrected chi connectivity index (χ0v) is 36.2. The third-order valence-corrected chi connectivity index (χ3v) is 12.4. The lowest BCUT2D eigenvalue weighted by Gasteiger charge is -2.32. The number of aromatic nitrogens is 4. The molecule has 0 unspecified atom stereocenters. The molecule has 1 atom stereocenters. The van der Waals surface area contributed by atoms with Crippen molar-refractivity contribution >= 4 is 44.8 Å². The van der Waals surface area contributed by atoms with Crippen molar-refractivity contribution < 1.29 is 33.2 Å². The highest BCUT2D eigenvalue weighted by Crippen LogP contribution is 2.46. The van der Waals surface area contributed by atoms with Crippen LogP contribution < -0.4 is 14.2 Å². The monoisotopic (exact) mass is 876 g/mol. The van der Waals surface area contributed by atoms with Gasteiger partial charge < -0.3 is 29.0 Å². The normalized spacial score (nSPS) is 15.5. The number of hydrogen-bond acceptors (Lipinski definition) is 12. The summed E-state index contributed by atoms with van der Waals surface area (Å²) in [4.78, 5) is 31.7. The smallest absolute Gasteiger partial charge is 0.345 e. The molecule has 6 aromatic rings. The van der Waals surface area contributed by atoms with Gasteiger partial charge in [0.25, 0.3) is 0 Å². The Morgan fingerprint density at radius 2 is 1.71 bits per heavy atom. The molecule has 12 nitrogen and oxygen atoms in total. The minimum Gasteiger partial charge on any atom is -0.496 e. The molecule has 1 fully saturated rings. The second-order valence-corrected chi connectivity index (χ2v) is 16.3. The highest BCUT2D eigenvalue weighted by Gasteiger charge is 2.30. The quantitative estimate of drug-likeness (QED) is 0.0996. The molecule has 1 saturated heterocycles. The van der Waals surface area contributed by atoms with Crippen LogP contribution in [0.25, 0.3) is 38.3 Å². The van der Waals surface area contributed by atoms with E-state index in [1.54, 1.807) is 43.8 Å². The van der Waals surface area contributed by atoms with Crippen molar-refractivity contribution in [2.75, 3.05) is 53.5 Å². The van der Waals surface area contributed by atoms with E-state index in [2.05, 4.69) is 26.2 Å². The van der Waals surface area contributed by atoms with Gasteiger partial charge in [-0.3, -0.25) is 9.88 Å². The third-order valence-electron chi connectivity index (χ3n) is 11.2. The molecule has 0 amide bonds. The van der Waals surface area contributed by atoms with Gasteiger partial charge in [0.15, 0.2) is 5.82 Å². The van der Waals surface area contributed by atoms with Crippen LogP contribution in [0.4, 0.5) is 4.39 Å². The summed E-state index contributed by atoms with van der Waals surface area (Å²) in [7, 11) is 3.73. The number of carboxylic acids is 1. The van der Waals surface area contributed by atoms with Crippen LogP contribution in [0.1, 0.15) is 36.6 Å². The van der Waals surface area contributed by atoms with Crippen molar-refractivity contribution in [2.24, 2.45) is 0 Å². The maximum atomic E-state index is 14.2. The Labute approximate surface area is 368 Å². The number of hydrogen-bond donors (Lipinski definition) is 1. The van der Waals surface area contributed by atoms with E-state index in [0.29, 0.717) is 80.0 Å². The van der Waals surface area contributed by atoms with Gasteiger partial charge in [0.05, 0.1) is 39.2 Å². The Morgan fingerprint density at radius 1 is 0.952 bits per heavy atom. The minimum absolute atomic E-state index is 0.0306. The van der Waals surface area contributed by atoms with Crippen LogP contribution >= 0.6 is 23.1 Å². The van der Waals surface area contributed by atoms with Gasteiger partial charge in [-0.25, -0.2) is 19.2 Å². The average molecular weight is 877 g/mol. The molecule has 2 aliphatic rings. The molecule has 1 N–H and O–H groups in total. The van der Waals surface area contributed by atoms with Crippen molar-refractivity contribution in [2.45, 2.75) is 38.9 Å². The molecule has 3 aromatic carbocycles. The van der Waals surface area contributed by atoms with Crippen LogP contribution in [0.3, 0.4) is 0 Å². The molecule has 320 valence electrons. The number of piperazine rings is 1. The van der Waals surface area contributed by atoms with Gasteiger partial charge in [-0.1, -0.05) is 41.9 Å². The van der Waals surface area contributed by atoms with Gasteiger partial charge in [0, 0.05) is 69.1 Å². The largest absolute Gasteiger partial charge is 0.496 e. The summed E-state index contributed by atoms with van der Waals surface area (Å²) in [6, 6.07) is 22.6. The second-order valence-electron chi connectivity index (χ2n) is 15.2. The maximum Gasteiger partial charge on any atom is 0.345 e. The van der Waals surface area contributed by atoms with Crippen LogP contribution in [0.5, 0.6) is 17.4 Å². The molecule has 0 radical (unpaired) electrons. The number of methoxy groups -OCH3 is 1. The van der Waals surface area contributed by atoms with Crippen molar-refractivity contribution in [1.82, 2.24) is 29.1 Å². The first-order valence-corrected chi connectivity index (χ1v) is 21.5. The summed E-state index contributed by atoms with van der Waals surface area (Å²) in [6.45, 7) is 7.45. The van der Waals surface area contributed by atoms with Crippen LogP contribution in [-0.2, 0) is 22.6 Å². The van der Waals surface area contributed by atoms with E-state index >= 15 is 0 Å². The lowest BCUT2D eigenvalue weighted by molar-refractivity contribution is -0.145. The lowest BCUT2D eigenvalue weighted by atomic mass is 9.87. The lowest BCUT2D eigenvalue weighted by Crippen LogP contribution is -2.45. The fourth-order valence-corrected chi connectivity index (χ4v) is 8.68. The average Bonchev–Trinajstić information content (AvgIpc) is 3.70. The Bertz CT molecular complexity index is 2630. The van der Waals surface area contributed by atoms with E-state index in [9.17, 15) is 14.3 Å². The molecule has 15 heteroatoms. The Hall–Kier alpha value is -5.93. The summed E-state index contributed by atoms with van der Waals surface area (Å²) in [5.74, 6) is 0.952. The number of pyridine rings is 1. The number of allylic oxidation sites excluding steroid dienone is 4. The van der Waals surface area contributed by atoms with Gasteiger partial charge in [-0.2, -0.15) is 4.37 Å². The fourth-order valence-electron chi connectivity index (χ4n) is 7.72. The molecule has 1 aliphatic carbocycles. The predicted molar refractivity (Wildman–Crippen MR) is 238 cm³/mol. The van der Waals surface area contributed by atoms with Gasteiger partial charge >= 0.3 is 5.97 Å². The molecule has 0 spiro atoms. The number of nitrogens with zero attached hydrogens (tertiary/aromatic N) is 6. The number of fused-ring (bicyclic) bond motifs is 1. The summed E-state index contributed by atoms with van der Waals surface area (Å²) in [5, 5.41) is 11.7. The number of halogens is 2. The van der Waals surface area contributed by atoms with Gasteiger partial charge in [-0.05, 0) is 97.2 Å². The number of benzene rings is 3. The van der Waals surface area contributed by atoms with Crippen LogP contribution in [0.15, 0.2) is 108 Å². The molecule has 8 rings (SSSR count). The van der Waals surface area contributed by atoms with Crippen LogP contribution in [0.2, 0.25) is 0 Å². The van der Waals surface area contributed by atoms with E-state index < -0.39 is 12.1 Å². The molecule has 1 aliphatic heterocycles. The van der Waals surface area contributed by atoms with Crippen LogP contribution in [-0.4, -0.2) is 99.8 Å². The molecular formula is C47H46ClFN6O6S. The van der Waals surface area contributed by atoms with Gasteiger partial charge in [0.1, 0.15) is 36.3 Å². The standard InChI is InChI=1S/C47H46ClFN6O6S/c1-29-34(16-17-38(43(29)48)59-25-24-55-22-20-54(2)21-23-55)41-42-40(27-51-44(41)30-12-14-32(49)15-13-30)62-53-46(42)61-39(47(56)57)26-31-8-4-6-10-36(31)60-28-33-18-19-50-45(52-33)35-9-5-7-11-37(35)58-3/h4-15,18-19,27,39H,16-17,20-26,28H2,1-3H3,(H,56,57)/t39-/m1/s1. The summed E-state index contributed by atoms with van der Waals surface area (Å²) >= 11 is 8.27. The first-order valence-electron chi connectivity index (χ1n) is 20.4. The number of aliphatic carboxylic acids is 1. The van der Waals surface area contributed by atoms with Crippen molar-refractivity contribution in [3.05, 3.63) is 130 Å². The van der Waals surface area contributed by atoms with E-state index in [-0.39, 0.29) is 24.7 Å². The van der Waals surface area contributed by atoms with Gasteiger partial charge in [-0.15, -0.1) is 0 Å². The Morgan fingerprint density at radius 3 is 2.48 bits per heavy atom. The summed E-state index contributed by atoms with van der Waals surface area (Å²) < 4.78 is 44.0. The maximum absolute atomic E-state index is 14.2. The predicted octanol–water partition coefficient (Wildman–Crippen LogP) is 8.90. The van der Waals surface area contributed by atoms with E-state index in [1.807, 2.05) is 49.4 Å². The van der Waals surface area contributed by atoms with E-state index in [4.69, 9.17) is 40.5 Å². The zero-order chi connectivity index (χ0) is 43.2. The third kappa shape index (κ3) is 9.58. The van der Waals surface area contributed by atoms with E-state index in [1.165, 1.54) is 12.1 Å². The summed E-state index contributed by atoms with van der Waals surface area (Å²) in [6.07, 6.45) is 3.09. The van der Waals surface area contributed by atoms with Gasteiger partial charge in [0.2, 0.25) is 12.0 Å². The number of rotatable bonds is 16. The van der Waals surface area contributed by atoms with Crippen molar-refractivity contribution in [3.63, 3.8) is 0 Å². The highest BCUT2D eigenvalue weighted by molar-refractivity contribution is 7.13. The SMILES string of the molecule is COc1ccccc1-c1nccc(COc2ccccc2C[C@@H](Oc2nsc3cnc(-c4ccc(F)cc4)c(C4=C(C)C(Cl)=C(OCCN5CCN(C)CC5)CC4)c23)C(=O)O)n1. The molecule has 0 bridgehead atoms. The second kappa shape index (κ2) is 19.4. The number of para-hydroxylation sites is 2. The number of ether oxygens (including phenoxy) is 4. The fraction of sp³-hybridized carbons (Fsp3) is 0.298. The minimum atomic E-state index is -1.35. The Kier molecular flexibility index (Phi) is 13.4. The summed E-state index contributed by atoms with van der Waals surface area (Å²) in [5.41, 5.74) is 5.65. The number of likely N-dealkylation sites (N-methyl/N-ethyl adjacent to an activating group) is 1.